The summed E-state index contributed by atoms with van der Waals surface area (Å²) in [4.78, 5) is 14.1. The second kappa shape index (κ2) is 4.88. The van der Waals surface area contributed by atoms with Crippen molar-refractivity contribution in [3.05, 3.63) is 35.4 Å². The summed E-state index contributed by atoms with van der Waals surface area (Å²) >= 11 is 0. The Labute approximate surface area is 103 Å². The highest BCUT2D eigenvalue weighted by molar-refractivity contribution is 5.84. The summed E-state index contributed by atoms with van der Waals surface area (Å²) in [7, 11) is 0. The first-order valence-corrected chi connectivity index (χ1v) is 6.31. The van der Waals surface area contributed by atoms with Gasteiger partial charge in [0.1, 0.15) is 6.17 Å². The Morgan fingerprint density at radius 2 is 2.00 bits per heavy atom. The Hall–Kier alpha value is -1.35. The minimum absolute atomic E-state index is 0.0282. The molecule has 0 bridgehead atoms. The molecule has 0 spiro atoms. The van der Waals surface area contributed by atoms with E-state index in [1.807, 2.05) is 30.9 Å². The van der Waals surface area contributed by atoms with Crippen LogP contribution in [0.1, 0.15) is 37.6 Å². The van der Waals surface area contributed by atoms with Crippen LogP contribution in [-0.4, -0.2) is 23.4 Å². The fourth-order valence-corrected chi connectivity index (χ4v) is 2.46. The molecule has 2 rings (SSSR count). The van der Waals surface area contributed by atoms with E-state index in [1.54, 1.807) is 0 Å². The normalized spacial score (nSPS) is 24.4. The van der Waals surface area contributed by atoms with Gasteiger partial charge in [-0.3, -0.25) is 10.1 Å². The molecule has 1 aromatic carbocycles. The van der Waals surface area contributed by atoms with Crippen LogP contribution >= 0.6 is 0 Å². The van der Waals surface area contributed by atoms with Crippen LogP contribution in [0, 0.1) is 6.92 Å². The van der Waals surface area contributed by atoms with Crippen molar-refractivity contribution in [3.63, 3.8) is 0 Å². The molecule has 1 aliphatic heterocycles. The average molecular weight is 232 g/mol. The lowest BCUT2D eigenvalue weighted by Crippen LogP contribution is -2.30. The number of carbonyl (C=O) groups excluding carboxylic acids is 1. The van der Waals surface area contributed by atoms with E-state index in [1.165, 1.54) is 11.1 Å². The largest absolute Gasteiger partial charge is 0.322 e. The molecule has 2 unspecified atom stereocenters. The topological polar surface area (TPSA) is 32.3 Å². The van der Waals surface area contributed by atoms with Crippen molar-refractivity contribution in [2.45, 2.75) is 39.4 Å². The SMILES string of the molecule is CCC1NC(c2ccccc2C)N(CC)C1=O. The molecular weight excluding hydrogens is 212 g/mol. The highest BCUT2D eigenvalue weighted by atomic mass is 16.2. The van der Waals surface area contributed by atoms with Crippen molar-refractivity contribution in [2.75, 3.05) is 6.54 Å². The number of rotatable bonds is 3. The Morgan fingerprint density at radius 3 is 2.59 bits per heavy atom. The zero-order chi connectivity index (χ0) is 12.4. The molecule has 1 aromatic rings. The lowest BCUT2D eigenvalue weighted by molar-refractivity contribution is -0.129. The van der Waals surface area contributed by atoms with Crippen LogP contribution < -0.4 is 5.32 Å². The molecule has 1 aliphatic rings. The van der Waals surface area contributed by atoms with Crippen LogP contribution in [0.25, 0.3) is 0 Å². The lowest BCUT2D eigenvalue weighted by Gasteiger charge is -2.24. The third kappa shape index (κ3) is 2.07. The molecule has 1 heterocycles. The third-order valence-electron chi connectivity index (χ3n) is 3.48. The Kier molecular flexibility index (Phi) is 3.48. The Balaban J connectivity index is 2.33. The summed E-state index contributed by atoms with van der Waals surface area (Å²) in [5.74, 6) is 0.225. The van der Waals surface area contributed by atoms with Gasteiger partial charge in [-0.05, 0) is 31.4 Å². The van der Waals surface area contributed by atoms with E-state index in [-0.39, 0.29) is 18.1 Å². The van der Waals surface area contributed by atoms with E-state index >= 15 is 0 Å². The van der Waals surface area contributed by atoms with E-state index < -0.39 is 0 Å². The van der Waals surface area contributed by atoms with E-state index in [9.17, 15) is 4.79 Å². The summed E-state index contributed by atoms with van der Waals surface area (Å²) in [6.07, 6.45) is 0.885. The molecule has 1 saturated heterocycles. The Morgan fingerprint density at radius 1 is 1.29 bits per heavy atom. The van der Waals surface area contributed by atoms with Crippen molar-refractivity contribution in [2.24, 2.45) is 0 Å². The number of amides is 1. The fraction of sp³-hybridized carbons (Fsp3) is 0.500. The average Bonchev–Trinajstić information content (AvgIpc) is 2.66. The molecule has 2 atom stereocenters. The van der Waals surface area contributed by atoms with Crippen LogP contribution in [0.3, 0.4) is 0 Å². The van der Waals surface area contributed by atoms with Crippen molar-refractivity contribution < 1.29 is 4.79 Å². The predicted octanol–water partition coefficient (Wildman–Crippen LogP) is 2.22. The highest BCUT2D eigenvalue weighted by Crippen LogP contribution is 2.27. The van der Waals surface area contributed by atoms with Gasteiger partial charge in [-0.1, -0.05) is 31.2 Å². The minimum Gasteiger partial charge on any atom is -0.322 e. The number of aryl methyl sites for hydroxylation is 1. The maximum Gasteiger partial charge on any atom is 0.241 e. The molecule has 92 valence electrons. The number of carbonyl (C=O) groups is 1. The van der Waals surface area contributed by atoms with Gasteiger partial charge in [-0.2, -0.15) is 0 Å². The molecule has 1 N–H and O–H groups in total. The predicted molar refractivity (Wildman–Crippen MR) is 68.5 cm³/mol. The summed E-state index contributed by atoms with van der Waals surface area (Å²) in [5.41, 5.74) is 2.44. The molecule has 0 saturated carbocycles. The minimum atomic E-state index is -0.0282. The molecule has 0 aliphatic carbocycles. The number of hydrogen-bond acceptors (Lipinski definition) is 2. The second-order valence-electron chi connectivity index (χ2n) is 4.51. The number of likely N-dealkylation sites (N-methyl/N-ethyl adjacent to an activating group) is 1. The van der Waals surface area contributed by atoms with Crippen molar-refractivity contribution in [3.8, 4) is 0 Å². The first-order valence-electron chi connectivity index (χ1n) is 6.31. The molecule has 0 radical (unpaired) electrons. The smallest absolute Gasteiger partial charge is 0.241 e. The second-order valence-corrected chi connectivity index (χ2v) is 4.51. The van der Waals surface area contributed by atoms with Crippen LogP contribution in [0.5, 0.6) is 0 Å². The van der Waals surface area contributed by atoms with E-state index in [2.05, 4.69) is 24.4 Å². The first kappa shape index (κ1) is 12.1. The number of hydrogen-bond donors (Lipinski definition) is 1. The summed E-state index contributed by atoms with van der Waals surface area (Å²) in [5, 5.41) is 3.42. The molecule has 3 heteroatoms. The van der Waals surface area contributed by atoms with Gasteiger partial charge in [-0.25, -0.2) is 0 Å². The van der Waals surface area contributed by atoms with Gasteiger partial charge >= 0.3 is 0 Å². The van der Waals surface area contributed by atoms with E-state index in [0.717, 1.165) is 13.0 Å². The number of benzene rings is 1. The summed E-state index contributed by atoms with van der Waals surface area (Å²) in [6, 6.07) is 8.22. The van der Waals surface area contributed by atoms with Gasteiger partial charge in [0.2, 0.25) is 5.91 Å². The maximum atomic E-state index is 12.1. The Bertz CT molecular complexity index is 416. The van der Waals surface area contributed by atoms with Crippen LogP contribution in [0.4, 0.5) is 0 Å². The van der Waals surface area contributed by atoms with Crippen LogP contribution in [0.2, 0.25) is 0 Å². The molecular formula is C14H20N2O. The molecule has 1 amide bonds. The summed E-state index contributed by atoms with van der Waals surface area (Å²) in [6.45, 7) is 6.92. The maximum absolute atomic E-state index is 12.1. The fourth-order valence-electron chi connectivity index (χ4n) is 2.46. The van der Waals surface area contributed by atoms with Crippen molar-refractivity contribution >= 4 is 5.91 Å². The number of nitrogens with one attached hydrogen (secondary N) is 1. The van der Waals surface area contributed by atoms with Gasteiger partial charge in [-0.15, -0.1) is 0 Å². The van der Waals surface area contributed by atoms with Gasteiger partial charge in [0.15, 0.2) is 0 Å². The molecule has 0 aromatic heterocycles. The third-order valence-corrected chi connectivity index (χ3v) is 3.48. The molecule has 1 fully saturated rings. The monoisotopic (exact) mass is 232 g/mol. The van der Waals surface area contributed by atoms with Crippen molar-refractivity contribution in [1.82, 2.24) is 10.2 Å². The lowest BCUT2D eigenvalue weighted by atomic mass is 10.1. The van der Waals surface area contributed by atoms with Gasteiger partial charge in [0.25, 0.3) is 0 Å². The van der Waals surface area contributed by atoms with E-state index in [4.69, 9.17) is 0 Å². The van der Waals surface area contributed by atoms with Crippen LogP contribution in [-0.2, 0) is 4.79 Å². The molecule has 3 nitrogen and oxygen atoms in total. The van der Waals surface area contributed by atoms with Gasteiger partial charge in [0, 0.05) is 6.54 Å². The van der Waals surface area contributed by atoms with Crippen molar-refractivity contribution in [1.29, 1.82) is 0 Å². The summed E-state index contributed by atoms with van der Waals surface area (Å²) < 4.78 is 0. The van der Waals surface area contributed by atoms with Crippen LogP contribution in [0.15, 0.2) is 24.3 Å². The quantitative estimate of drug-likeness (QED) is 0.866. The first-order chi connectivity index (χ1) is 8.19. The van der Waals surface area contributed by atoms with Gasteiger partial charge < -0.3 is 4.90 Å². The van der Waals surface area contributed by atoms with Gasteiger partial charge in [0.05, 0.1) is 6.04 Å². The molecule has 17 heavy (non-hydrogen) atoms. The standard InChI is InChI=1S/C14H20N2O/c1-4-12-14(17)16(5-2)13(15-12)11-9-7-6-8-10(11)3/h6-9,12-13,15H,4-5H2,1-3H3. The number of nitrogens with zero attached hydrogens (tertiary/aromatic N) is 1. The highest BCUT2D eigenvalue weighted by Gasteiger charge is 2.37. The zero-order valence-corrected chi connectivity index (χ0v) is 10.7. The zero-order valence-electron chi connectivity index (χ0n) is 10.7. The van der Waals surface area contributed by atoms with E-state index in [0.29, 0.717) is 0 Å².